The zero-order valence-electron chi connectivity index (χ0n) is 15.6. The standard InChI is InChI=1S/C19H27N5OS/c1-14-9-8-10-15(2)18(14)24-19(21-22-23-24)26-13-17(25)20-16-11-6-4-3-5-7-12-16/h8-10,16H,3-7,11-13H2,1-2H3,(H,20,25). The van der Waals surface area contributed by atoms with Crippen LogP contribution in [0.25, 0.3) is 5.69 Å². The molecule has 0 spiro atoms. The second-order valence-electron chi connectivity index (χ2n) is 7.01. The molecule has 6 nitrogen and oxygen atoms in total. The molecule has 1 aliphatic rings. The van der Waals surface area contributed by atoms with E-state index in [1.165, 1.54) is 43.9 Å². The maximum Gasteiger partial charge on any atom is 0.230 e. The van der Waals surface area contributed by atoms with Gasteiger partial charge < -0.3 is 5.32 Å². The molecule has 26 heavy (non-hydrogen) atoms. The second-order valence-corrected chi connectivity index (χ2v) is 7.95. The van der Waals surface area contributed by atoms with Crippen molar-refractivity contribution in [3.63, 3.8) is 0 Å². The van der Waals surface area contributed by atoms with Crippen molar-refractivity contribution in [2.75, 3.05) is 5.75 Å². The summed E-state index contributed by atoms with van der Waals surface area (Å²) >= 11 is 1.39. The number of carbonyl (C=O) groups is 1. The van der Waals surface area contributed by atoms with Gasteiger partial charge in [0.05, 0.1) is 11.4 Å². The van der Waals surface area contributed by atoms with E-state index in [1.54, 1.807) is 4.68 Å². The number of nitrogens with one attached hydrogen (secondary N) is 1. The maximum atomic E-state index is 12.4. The lowest BCUT2D eigenvalue weighted by Gasteiger charge is -2.20. The number of para-hydroxylation sites is 1. The Bertz CT molecular complexity index is 717. The summed E-state index contributed by atoms with van der Waals surface area (Å²) in [6.45, 7) is 4.08. The Balaban J connectivity index is 1.60. The number of aryl methyl sites for hydroxylation is 2. The van der Waals surface area contributed by atoms with Gasteiger partial charge in [0.1, 0.15) is 0 Å². The number of nitrogens with zero attached hydrogens (tertiary/aromatic N) is 4. The number of hydrogen-bond donors (Lipinski definition) is 1. The monoisotopic (exact) mass is 373 g/mol. The van der Waals surface area contributed by atoms with Gasteiger partial charge in [-0.2, -0.15) is 4.68 Å². The number of tetrazole rings is 1. The molecule has 0 aliphatic heterocycles. The first-order valence-electron chi connectivity index (χ1n) is 9.42. The fraction of sp³-hybridized carbons (Fsp3) is 0.579. The first kappa shape index (κ1) is 18.9. The number of aromatic nitrogens is 4. The SMILES string of the molecule is Cc1cccc(C)c1-n1nnnc1SCC(=O)NC1CCCCCCC1. The van der Waals surface area contributed by atoms with Crippen LogP contribution in [0, 0.1) is 13.8 Å². The molecule has 1 fully saturated rings. The predicted octanol–water partition coefficient (Wildman–Crippen LogP) is 3.60. The summed E-state index contributed by atoms with van der Waals surface area (Å²) in [5.41, 5.74) is 3.21. The van der Waals surface area contributed by atoms with Crippen molar-refractivity contribution in [1.82, 2.24) is 25.5 Å². The Morgan fingerprint density at radius 1 is 1.15 bits per heavy atom. The lowest BCUT2D eigenvalue weighted by atomic mass is 9.97. The molecule has 1 aromatic heterocycles. The van der Waals surface area contributed by atoms with Crippen LogP contribution in [-0.4, -0.2) is 37.9 Å². The van der Waals surface area contributed by atoms with Crippen LogP contribution in [0.5, 0.6) is 0 Å². The van der Waals surface area contributed by atoms with Gasteiger partial charge in [-0.15, -0.1) is 5.10 Å². The quantitative estimate of drug-likeness (QED) is 0.811. The zero-order valence-corrected chi connectivity index (χ0v) is 16.4. The third-order valence-corrected chi connectivity index (χ3v) is 5.81. The van der Waals surface area contributed by atoms with E-state index in [2.05, 4.69) is 20.8 Å². The fourth-order valence-corrected chi connectivity index (χ4v) is 4.24. The molecule has 0 radical (unpaired) electrons. The number of benzene rings is 1. The van der Waals surface area contributed by atoms with Crippen LogP contribution < -0.4 is 5.32 Å². The van der Waals surface area contributed by atoms with Crippen LogP contribution in [0.3, 0.4) is 0 Å². The average Bonchev–Trinajstić information content (AvgIpc) is 3.03. The highest BCUT2D eigenvalue weighted by molar-refractivity contribution is 7.99. The van der Waals surface area contributed by atoms with E-state index in [1.807, 2.05) is 32.0 Å². The Hall–Kier alpha value is -1.89. The Labute approximate surface area is 159 Å². The highest BCUT2D eigenvalue weighted by Crippen LogP contribution is 2.23. The van der Waals surface area contributed by atoms with Crippen molar-refractivity contribution in [2.45, 2.75) is 70.0 Å². The molecule has 0 atom stereocenters. The molecule has 1 aromatic carbocycles. The molecular weight excluding hydrogens is 346 g/mol. The van der Waals surface area contributed by atoms with Crippen LogP contribution in [0.4, 0.5) is 0 Å². The molecule has 1 aliphatic carbocycles. The lowest BCUT2D eigenvalue weighted by molar-refractivity contribution is -0.119. The predicted molar refractivity (Wildman–Crippen MR) is 104 cm³/mol. The molecule has 0 bridgehead atoms. The van der Waals surface area contributed by atoms with Crippen molar-refractivity contribution in [2.24, 2.45) is 0 Å². The number of thioether (sulfide) groups is 1. The third-order valence-electron chi connectivity index (χ3n) is 4.89. The molecule has 140 valence electrons. The Morgan fingerprint density at radius 2 is 1.81 bits per heavy atom. The first-order valence-corrected chi connectivity index (χ1v) is 10.4. The minimum Gasteiger partial charge on any atom is -0.353 e. The average molecular weight is 374 g/mol. The molecule has 2 aromatic rings. The minimum atomic E-state index is 0.0663. The van der Waals surface area contributed by atoms with Crippen molar-refractivity contribution in [3.8, 4) is 5.69 Å². The van der Waals surface area contributed by atoms with Crippen molar-refractivity contribution >= 4 is 17.7 Å². The van der Waals surface area contributed by atoms with Gasteiger partial charge in [-0.25, -0.2) is 0 Å². The molecule has 0 unspecified atom stereocenters. The van der Waals surface area contributed by atoms with E-state index in [0.717, 1.165) is 29.7 Å². The topological polar surface area (TPSA) is 72.7 Å². The lowest BCUT2D eigenvalue weighted by Crippen LogP contribution is -2.36. The molecule has 1 amide bonds. The van der Waals surface area contributed by atoms with E-state index >= 15 is 0 Å². The zero-order chi connectivity index (χ0) is 18.4. The van der Waals surface area contributed by atoms with Gasteiger partial charge in [0.25, 0.3) is 0 Å². The number of rotatable bonds is 5. The summed E-state index contributed by atoms with van der Waals surface area (Å²) in [5.74, 6) is 0.401. The van der Waals surface area contributed by atoms with Crippen LogP contribution >= 0.6 is 11.8 Å². The maximum absolute atomic E-state index is 12.4. The molecular formula is C19H27N5OS. The van der Waals surface area contributed by atoms with E-state index in [4.69, 9.17) is 0 Å². The van der Waals surface area contributed by atoms with Crippen molar-refractivity contribution in [1.29, 1.82) is 0 Å². The van der Waals surface area contributed by atoms with Gasteiger partial charge in [-0.3, -0.25) is 4.79 Å². The van der Waals surface area contributed by atoms with E-state index in [0.29, 0.717) is 17.0 Å². The van der Waals surface area contributed by atoms with Gasteiger partial charge in [0.15, 0.2) is 0 Å². The van der Waals surface area contributed by atoms with Crippen LogP contribution in [-0.2, 0) is 4.79 Å². The molecule has 0 saturated heterocycles. The smallest absolute Gasteiger partial charge is 0.230 e. The highest BCUT2D eigenvalue weighted by atomic mass is 32.2. The molecule has 7 heteroatoms. The van der Waals surface area contributed by atoms with Gasteiger partial charge in [-0.1, -0.05) is 62.1 Å². The molecule has 3 rings (SSSR count). The van der Waals surface area contributed by atoms with Crippen molar-refractivity contribution in [3.05, 3.63) is 29.3 Å². The number of hydrogen-bond acceptors (Lipinski definition) is 5. The summed E-state index contributed by atoms with van der Waals surface area (Å²) in [5, 5.41) is 15.9. The summed E-state index contributed by atoms with van der Waals surface area (Å²) in [6, 6.07) is 6.42. The Morgan fingerprint density at radius 3 is 2.50 bits per heavy atom. The second kappa shape index (κ2) is 9.16. The van der Waals surface area contributed by atoms with E-state index < -0.39 is 0 Å². The van der Waals surface area contributed by atoms with Crippen LogP contribution in [0.1, 0.15) is 56.1 Å². The summed E-state index contributed by atoms with van der Waals surface area (Å²) in [7, 11) is 0. The molecule has 1 saturated carbocycles. The van der Waals surface area contributed by atoms with Gasteiger partial charge in [0, 0.05) is 6.04 Å². The normalized spacial score (nSPS) is 16.1. The fourth-order valence-electron chi connectivity index (χ4n) is 3.55. The van der Waals surface area contributed by atoms with Crippen LogP contribution in [0.15, 0.2) is 23.4 Å². The third kappa shape index (κ3) is 4.84. The molecule has 1 heterocycles. The first-order chi connectivity index (χ1) is 12.6. The van der Waals surface area contributed by atoms with Crippen LogP contribution in [0.2, 0.25) is 0 Å². The van der Waals surface area contributed by atoms with Gasteiger partial charge in [0.2, 0.25) is 11.1 Å². The molecule has 1 N–H and O–H groups in total. The number of carbonyl (C=O) groups excluding carboxylic acids is 1. The van der Waals surface area contributed by atoms with E-state index in [-0.39, 0.29) is 5.91 Å². The minimum absolute atomic E-state index is 0.0663. The van der Waals surface area contributed by atoms with Gasteiger partial charge >= 0.3 is 0 Å². The largest absolute Gasteiger partial charge is 0.353 e. The van der Waals surface area contributed by atoms with E-state index in [9.17, 15) is 4.79 Å². The van der Waals surface area contributed by atoms with Gasteiger partial charge in [-0.05, 0) is 48.2 Å². The summed E-state index contributed by atoms with van der Waals surface area (Å²) < 4.78 is 1.73. The van der Waals surface area contributed by atoms with Crippen molar-refractivity contribution < 1.29 is 4.79 Å². The summed E-state index contributed by atoms with van der Waals surface area (Å²) in [4.78, 5) is 12.4. The highest BCUT2D eigenvalue weighted by Gasteiger charge is 2.17. The summed E-state index contributed by atoms with van der Waals surface area (Å²) in [6.07, 6.45) is 8.51. The Kier molecular flexibility index (Phi) is 6.66. The number of amides is 1.